The first-order valence-corrected chi connectivity index (χ1v) is 15.4. The highest BCUT2D eigenvalue weighted by atomic mass is 16.5. The van der Waals surface area contributed by atoms with E-state index in [-0.39, 0.29) is 6.23 Å². The number of fused-ring (bicyclic) bond motifs is 5. The number of ether oxygens (including phenoxy) is 1. The minimum absolute atomic E-state index is 0.283. The number of benzene rings is 3. The summed E-state index contributed by atoms with van der Waals surface area (Å²) in [6.07, 6.45) is 8.24. The van der Waals surface area contributed by atoms with Crippen LogP contribution >= 0.6 is 0 Å². The van der Waals surface area contributed by atoms with E-state index in [1.807, 2.05) is 18.5 Å². The maximum absolute atomic E-state index is 6.85. The highest BCUT2D eigenvalue weighted by Gasteiger charge is 2.30. The average Bonchev–Trinajstić information content (AvgIpc) is 3.89. The number of aromatic amines is 2. The van der Waals surface area contributed by atoms with E-state index in [0.717, 1.165) is 88.2 Å². The Morgan fingerprint density at radius 2 is 1.40 bits per heavy atom. The Morgan fingerprint density at radius 1 is 0.721 bits per heavy atom. The zero-order valence-corrected chi connectivity index (χ0v) is 23.8. The first kappa shape index (κ1) is 24.9. The molecule has 9 rings (SSSR count). The quantitative estimate of drug-likeness (QED) is 0.182. The molecule has 3 aromatic heterocycles. The van der Waals surface area contributed by atoms with Gasteiger partial charge in [-0.25, -0.2) is 9.97 Å². The molecule has 6 aromatic rings. The molecular formula is C35H33N7O. The van der Waals surface area contributed by atoms with Crippen LogP contribution in [0, 0.1) is 0 Å². The normalized spacial score (nSPS) is 21.2. The van der Waals surface area contributed by atoms with Crippen LogP contribution in [-0.2, 0) is 0 Å². The fraction of sp³-hybridized carbons (Fsp3) is 0.257. The topological polar surface area (TPSA) is 95.6 Å². The van der Waals surface area contributed by atoms with Gasteiger partial charge in [-0.1, -0.05) is 42.5 Å². The summed E-state index contributed by atoms with van der Waals surface area (Å²) < 4.78 is 9.18. The molecule has 214 valence electrons. The Hall–Kier alpha value is -4.66. The highest BCUT2D eigenvalue weighted by Crippen LogP contribution is 2.46. The molecule has 3 aliphatic heterocycles. The lowest BCUT2D eigenvalue weighted by atomic mass is 10.0. The first-order chi connectivity index (χ1) is 21.3. The van der Waals surface area contributed by atoms with Crippen molar-refractivity contribution in [3.8, 4) is 39.5 Å². The molecule has 3 aromatic carbocycles. The molecule has 0 radical (unpaired) electrons. The molecule has 2 saturated heterocycles. The largest absolute Gasteiger partial charge is 0.465 e. The molecule has 0 aliphatic carbocycles. The van der Waals surface area contributed by atoms with Crippen molar-refractivity contribution >= 4 is 10.9 Å². The summed E-state index contributed by atoms with van der Waals surface area (Å²) in [6.45, 7) is 2.10. The number of H-pyrrole nitrogens is 2. The van der Waals surface area contributed by atoms with Crippen LogP contribution in [0.2, 0.25) is 0 Å². The minimum atomic E-state index is -0.283. The van der Waals surface area contributed by atoms with Gasteiger partial charge in [0.2, 0.25) is 6.23 Å². The Labute approximate surface area is 249 Å². The van der Waals surface area contributed by atoms with Crippen LogP contribution in [0.25, 0.3) is 44.7 Å². The van der Waals surface area contributed by atoms with Gasteiger partial charge < -0.3 is 29.9 Å². The second-order valence-corrected chi connectivity index (χ2v) is 11.9. The van der Waals surface area contributed by atoms with Crippen LogP contribution in [-0.4, -0.2) is 37.6 Å². The number of hydrogen-bond acceptors (Lipinski definition) is 5. The van der Waals surface area contributed by atoms with Crippen LogP contribution in [0.4, 0.5) is 0 Å². The molecule has 2 fully saturated rings. The van der Waals surface area contributed by atoms with E-state index in [1.54, 1.807) is 0 Å². The predicted molar refractivity (Wildman–Crippen MR) is 168 cm³/mol. The summed E-state index contributed by atoms with van der Waals surface area (Å²) in [5, 5.41) is 8.25. The van der Waals surface area contributed by atoms with Crippen molar-refractivity contribution in [3.05, 3.63) is 102 Å². The monoisotopic (exact) mass is 567 g/mol. The van der Waals surface area contributed by atoms with Gasteiger partial charge in [-0.3, -0.25) is 0 Å². The molecule has 0 spiro atoms. The summed E-state index contributed by atoms with van der Waals surface area (Å²) >= 11 is 0. The molecule has 3 aliphatic rings. The van der Waals surface area contributed by atoms with Gasteiger partial charge in [-0.05, 0) is 69.1 Å². The van der Waals surface area contributed by atoms with E-state index in [1.165, 1.54) is 18.2 Å². The summed E-state index contributed by atoms with van der Waals surface area (Å²) in [5.41, 5.74) is 8.74. The number of nitrogens with one attached hydrogen (secondary N) is 4. The third-order valence-electron chi connectivity index (χ3n) is 9.25. The molecule has 3 atom stereocenters. The molecule has 0 amide bonds. The zero-order valence-electron chi connectivity index (χ0n) is 23.8. The van der Waals surface area contributed by atoms with Crippen LogP contribution in [0.5, 0.6) is 5.75 Å². The first-order valence-electron chi connectivity index (χ1n) is 15.4. The van der Waals surface area contributed by atoms with Crippen LogP contribution in [0.1, 0.15) is 61.2 Å². The molecule has 0 bridgehead atoms. The number of rotatable bonds is 5. The van der Waals surface area contributed by atoms with E-state index in [4.69, 9.17) is 14.7 Å². The van der Waals surface area contributed by atoms with Crippen LogP contribution in [0.15, 0.2) is 85.2 Å². The van der Waals surface area contributed by atoms with Crippen molar-refractivity contribution in [2.45, 2.75) is 44.0 Å². The van der Waals surface area contributed by atoms with E-state index in [0.29, 0.717) is 12.1 Å². The average molecular weight is 568 g/mol. The van der Waals surface area contributed by atoms with Gasteiger partial charge in [0.05, 0.1) is 47.1 Å². The Kier molecular flexibility index (Phi) is 5.77. The molecule has 3 unspecified atom stereocenters. The van der Waals surface area contributed by atoms with E-state index in [2.05, 4.69) is 91.9 Å². The van der Waals surface area contributed by atoms with Gasteiger partial charge in [-0.2, -0.15) is 0 Å². The lowest BCUT2D eigenvalue weighted by Crippen LogP contribution is -2.22. The van der Waals surface area contributed by atoms with Gasteiger partial charge in [0.15, 0.2) is 0 Å². The molecule has 4 N–H and O–H groups in total. The van der Waals surface area contributed by atoms with Gasteiger partial charge in [0.1, 0.15) is 17.4 Å². The van der Waals surface area contributed by atoms with Crippen LogP contribution < -0.4 is 15.4 Å². The van der Waals surface area contributed by atoms with Crippen LogP contribution in [0.3, 0.4) is 0 Å². The van der Waals surface area contributed by atoms with E-state index >= 15 is 0 Å². The van der Waals surface area contributed by atoms with Crippen molar-refractivity contribution in [2.75, 3.05) is 13.1 Å². The minimum Gasteiger partial charge on any atom is -0.465 e. The van der Waals surface area contributed by atoms with Gasteiger partial charge >= 0.3 is 0 Å². The Balaban J connectivity index is 1.13. The highest BCUT2D eigenvalue weighted by molar-refractivity contribution is 5.92. The molecular weight excluding hydrogens is 534 g/mol. The van der Waals surface area contributed by atoms with Gasteiger partial charge in [0, 0.05) is 27.6 Å². The molecule has 8 nitrogen and oxygen atoms in total. The van der Waals surface area contributed by atoms with Crippen molar-refractivity contribution in [2.24, 2.45) is 0 Å². The van der Waals surface area contributed by atoms with Crippen molar-refractivity contribution in [1.82, 2.24) is 35.1 Å². The maximum atomic E-state index is 6.85. The number of aromatic nitrogens is 5. The smallest absolute Gasteiger partial charge is 0.203 e. The fourth-order valence-electron chi connectivity index (χ4n) is 7.03. The second kappa shape index (κ2) is 9.97. The number of hydrogen-bond donors (Lipinski definition) is 4. The summed E-state index contributed by atoms with van der Waals surface area (Å²) in [7, 11) is 0. The standard InChI is InChI=1S/C35H33N7O/c1-2-6-21(7-3-1)35-42-30-13-11-22(28-19-38-33(40-28)26-8-4-14-36-26)16-24(30)17-31(42)25-12-10-23(18-32(25)43-35)29-20-39-34(41-29)27-9-5-15-37-27/h1-3,6-7,10-13,16-20,26-27,35-37H,4-5,8-9,14-15H2,(H,38,40)(H,39,41). The van der Waals surface area contributed by atoms with Crippen molar-refractivity contribution in [3.63, 3.8) is 0 Å². The maximum Gasteiger partial charge on any atom is 0.203 e. The number of nitrogens with zero attached hydrogens (tertiary/aromatic N) is 3. The summed E-state index contributed by atoms with van der Waals surface area (Å²) in [5.74, 6) is 2.90. The lowest BCUT2D eigenvalue weighted by molar-refractivity contribution is 0.173. The molecule has 8 heteroatoms. The van der Waals surface area contributed by atoms with Gasteiger partial charge in [-0.15, -0.1) is 0 Å². The number of imidazole rings is 2. The summed E-state index contributed by atoms with van der Waals surface area (Å²) in [4.78, 5) is 16.5. The zero-order chi connectivity index (χ0) is 28.3. The molecule has 6 heterocycles. The second-order valence-electron chi connectivity index (χ2n) is 11.9. The van der Waals surface area contributed by atoms with Gasteiger partial charge in [0.25, 0.3) is 0 Å². The lowest BCUT2D eigenvalue weighted by Gasteiger charge is -2.30. The van der Waals surface area contributed by atoms with E-state index < -0.39 is 0 Å². The Morgan fingerprint density at radius 3 is 2.07 bits per heavy atom. The summed E-state index contributed by atoms with van der Waals surface area (Å²) in [6, 6.07) is 26.6. The van der Waals surface area contributed by atoms with Crippen molar-refractivity contribution < 1.29 is 4.74 Å². The Bertz CT molecular complexity index is 1940. The SMILES string of the molecule is c1ccc(C2Oc3cc(-c4cnc(C5CCCN5)[nH]4)ccc3-c3cc4cc(-c5cnc(C6CCCN6)[nH]5)ccc4n32)cc1. The van der Waals surface area contributed by atoms with E-state index in [9.17, 15) is 0 Å². The third kappa shape index (κ3) is 4.20. The molecule has 0 saturated carbocycles. The fourth-order valence-corrected chi connectivity index (χ4v) is 7.03. The van der Waals surface area contributed by atoms with Crippen molar-refractivity contribution in [1.29, 1.82) is 0 Å². The third-order valence-corrected chi connectivity index (χ3v) is 9.25. The predicted octanol–water partition coefficient (Wildman–Crippen LogP) is 6.88. The molecule has 43 heavy (non-hydrogen) atoms.